The van der Waals surface area contributed by atoms with Crippen LogP contribution in [-0.2, 0) is 6.54 Å². The summed E-state index contributed by atoms with van der Waals surface area (Å²) in [6.45, 7) is 4.83. The number of nitrogens with one attached hydrogen (secondary N) is 1. The Morgan fingerprint density at radius 2 is 2.53 bits per heavy atom. The molecule has 1 aromatic rings. The number of aryl methyl sites for hydroxylation is 1. The van der Waals surface area contributed by atoms with Crippen molar-refractivity contribution in [2.45, 2.75) is 26.3 Å². The van der Waals surface area contributed by atoms with Crippen molar-refractivity contribution >= 4 is 5.78 Å². The van der Waals surface area contributed by atoms with Crippen LogP contribution in [0.15, 0.2) is 18.3 Å². The van der Waals surface area contributed by atoms with Crippen molar-refractivity contribution in [3.05, 3.63) is 24.0 Å². The van der Waals surface area contributed by atoms with E-state index in [9.17, 15) is 4.79 Å². The minimum absolute atomic E-state index is 0.180. The number of rotatable bonds is 3. The molecule has 3 nitrogen and oxygen atoms in total. The second-order valence-electron chi connectivity index (χ2n) is 4.09. The summed E-state index contributed by atoms with van der Waals surface area (Å²) in [7, 11) is 0. The number of carbonyl (C=O) groups is 1. The first-order chi connectivity index (χ1) is 7.33. The lowest BCUT2D eigenvalue weighted by atomic mass is 9.93. The topological polar surface area (TPSA) is 34.0 Å². The van der Waals surface area contributed by atoms with Gasteiger partial charge in [0, 0.05) is 25.2 Å². The number of nitrogens with zero attached hydrogens (tertiary/aromatic N) is 1. The lowest BCUT2D eigenvalue weighted by Gasteiger charge is -2.21. The molecule has 82 valence electrons. The molecule has 15 heavy (non-hydrogen) atoms. The fourth-order valence-electron chi connectivity index (χ4n) is 2.20. The van der Waals surface area contributed by atoms with Crippen LogP contribution in [-0.4, -0.2) is 23.4 Å². The fraction of sp³-hybridized carbons (Fsp3) is 0.583. The third-order valence-electron chi connectivity index (χ3n) is 3.09. The Morgan fingerprint density at radius 1 is 1.67 bits per heavy atom. The zero-order chi connectivity index (χ0) is 10.7. The summed E-state index contributed by atoms with van der Waals surface area (Å²) in [6.07, 6.45) is 4.12. The van der Waals surface area contributed by atoms with Crippen molar-refractivity contribution in [1.82, 2.24) is 9.88 Å². The van der Waals surface area contributed by atoms with Crippen molar-refractivity contribution in [1.29, 1.82) is 0 Å². The molecule has 1 aromatic heterocycles. The lowest BCUT2D eigenvalue weighted by molar-refractivity contribution is 0.0890. The van der Waals surface area contributed by atoms with Gasteiger partial charge in [-0.15, -0.1) is 0 Å². The maximum Gasteiger partial charge on any atom is 0.183 e. The normalized spacial score (nSPS) is 21.5. The number of piperidine rings is 1. The van der Waals surface area contributed by atoms with E-state index in [1.54, 1.807) is 0 Å². The molecular weight excluding hydrogens is 188 g/mol. The van der Waals surface area contributed by atoms with Crippen molar-refractivity contribution in [2.24, 2.45) is 5.92 Å². The molecule has 2 rings (SSSR count). The Labute approximate surface area is 90.5 Å². The van der Waals surface area contributed by atoms with Gasteiger partial charge in [0.25, 0.3) is 0 Å². The van der Waals surface area contributed by atoms with E-state index in [-0.39, 0.29) is 5.92 Å². The Kier molecular flexibility index (Phi) is 3.21. The molecule has 0 bridgehead atoms. The van der Waals surface area contributed by atoms with Gasteiger partial charge in [0.15, 0.2) is 5.78 Å². The van der Waals surface area contributed by atoms with Gasteiger partial charge in [-0.3, -0.25) is 4.79 Å². The zero-order valence-corrected chi connectivity index (χ0v) is 9.20. The van der Waals surface area contributed by atoms with Crippen LogP contribution >= 0.6 is 0 Å². The Hall–Kier alpha value is -1.09. The van der Waals surface area contributed by atoms with E-state index in [2.05, 4.69) is 12.2 Å². The predicted molar refractivity (Wildman–Crippen MR) is 60.0 cm³/mol. The summed E-state index contributed by atoms with van der Waals surface area (Å²) in [5, 5.41) is 3.29. The average Bonchev–Trinajstić information content (AvgIpc) is 2.77. The SMILES string of the molecule is CCn1cccc1C(=O)C1CCCNC1. The molecule has 1 aliphatic heterocycles. The summed E-state index contributed by atoms with van der Waals surface area (Å²) in [5.41, 5.74) is 0.867. The standard InChI is InChI=1S/C12H18N2O/c1-2-14-8-4-6-11(14)12(15)10-5-3-7-13-9-10/h4,6,8,10,13H,2-3,5,7,9H2,1H3. The van der Waals surface area contributed by atoms with Crippen LogP contribution in [0, 0.1) is 5.92 Å². The molecule has 1 saturated heterocycles. The number of hydrogen-bond donors (Lipinski definition) is 1. The van der Waals surface area contributed by atoms with E-state index < -0.39 is 0 Å². The number of aromatic nitrogens is 1. The van der Waals surface area contributed by atoms with E-state index >= 15 is 0 Å². The zero-order valence-electron chi connectivity index (χ0n) is 9.20. The first-order valence-electron chi connectivity index (χ1n) is 5.73. The maximum atomic E-state index is 12.2. The highest BCUT2D eigenvalue weighted by atomic mass is 16.1. The molecule has 1 N–H and O–H groups in total. The van der Waals surface area contributed by atoms with Crippen LogP contribution in [0.2, 0.25) is 0 Å². The molecule has 0 radical (unpaired) electrons. The fourth-order valence-corrected chi connectivity index (χ4v) is 2.20. The van der Waals surface area contributed by atoms with Gasteiger partial charge in [0.05, 0.1) is 5.69 Å². The van der Waals surface area contributed by atoms with Crippen molar-refractivity contribution in [2.75, 3.05) is 13.1 Å². The third-order valence-corrected chi connectivity index (χ3v) is 3.09. The van der Waals surface area contributed by atoms with Gasteiger partial charge in [-0.25, -0.2) is 0 Å². The minimum atomic E-state index is 0.180. The van der Waals surface area contributed by atoms with Gasteiger partial charge in [-0.1, -0.05) is 0 Å². The number of hydrogen-bond acceptors (Lipinski definition) is 2. The molecule has 0 aromatic carbocycles. The Morgan fingerprint density at radius 3 is 3.20 bits per heavy atom. The maximum absolute atomic E-state index is 12.2. The first kappa shape index (κ1) is 10.4. The van der Waals surface area contributed by atoms with E-state index in [4.69, 9.17) is 0 Å². The highest BCUT2D eigenvalue weighted by Gasteiger charge is 2.23. The van der Waals surface area contributed by atoms with Crippen molar-refractivity contribution < 1.29 is 4.79 Å². The van der Waals surface area contributed by atoms with E-state index in [0.717, 1.165) is 38.2 Å². The van der Waals surface area contributed by atoms with Crippen LogP contribution < -0.4 is 5.32 Å². The van der Waals surface area contributed by atoms with E-state index in [0.29, 0.717) is 5.78 Å². The smallest absolute Gasteiger partial charge is 0.183 e. The molecular formula is C12H18N2O. The summed E-state index contributed by atoms with van der Waals surface area (Å²) in [4.78, 5) is 12.2. The molecule has 2 heterocycles. The van der Waals surface area contributed by atoms with Crippen molar-refractivity contribution in [3.63, 3.8) is 0 Å². The van der Waals surface area contributed by atoms with Crippen LogP contribution in [0.3, 0.4) is 0 Å². The van der Waals surface area contributed by atoms with Crippen LogP contribution in [0.5, 0.6) is 0 Å². The highest BCUT2D eigenvalue weighted by molar-refractivity contribution is 5.96. The largest absolute Gasteiger partial charge is 0.345 e. The average molecular weight is 206 g/mol. The van der Waals surface area contributed by atoms with Gasteiger partial charge in [0.2, 0.25) is 0 Å². The number of carbonyl (C=O) groups excluding carboxylic acids is 1. The summed E-state index contributed by atoms with van der Waals surface area (Å²) in [5.74, 6) is 0.480. The highest BCUT2D eigenvalue weighted by Crippen LogP contribution is 2.17. The molecule has 0 aliphatic carbocycles. The second kappa shape index (κ2) is 4.62. The second-order valence-corrected chi connectivity index (χ2v) is 4.09. The monoisotopic (exact) mass is 206 g/mol. The molecule has 1 unspecified atom stereocenters. The summed E-state index contributed by atoms with van der Waals surface area (Å²) >= 11 is 0. The molecule has 3 heteroatoms. The first-order valence-corrected chi connectivity index (χ1v) is 5.73. The summed E-state index contributed by atoms with van der Waals surface area (Å²) in [6, 6.07) is 3.88. The van der Waals surface area contributed by atoms with Gasteiger partial charge in [-0.2, -0.15) is 0 Å². The van der Waals surface area contributed by atoms with Gasteiger partial charge >= 0.3 is 0 Å². The van der Waals surface area contributed by atoms with Gasteiger partial charge in [-0.05, 0) is 38.4 Å². The molecule has 1 atom stereocenters. The lowest BCUT2D eigenvalue weighted by Crippen LogP contribution is -2.35. The summed E-state index contributed by atoms with van der Waals surface area (Å²) < 4.78 is 2.02. The van der Waals surface area contributed by atoms with Gasteiger partial charge < -0.3 is 9.88 Å². The van der Waals surface area contributed by atoms with Crippen LogP contribution in [0.1, 0.15) is 30.3 Å². The molecule has 1 fully saturated rings. The van der Waals surface area contributed by atoms with E-state index in [1.807, 2.05) is 22.9 Å². The Balaban J connectivity index is 2.12. The number of Topliss-reactive ketones (excluding diaryl/α,β-unsaturated/α-hetero) is 1. The van der Waals surface area contributed by atoms with Gasteiger partial charge in [0.1, 0.15) is 0 Å². The minimum Gasteiger partial charge on any atom is -0.345 e. The molecule has 0 amide bonds. The number of ketones is 1. The third kappa shape index (κ3) is 2.12. The molecule has 0 spiro atoms. The predicted octanol–water partition coefficient (Wildman–Crippen LogP) is 1.69. The van der Waals surface area contributed by atoms with E-state index in [1.165, 1.54) is 0 Å². The van der Waals surface area contributed by atoms with Crippen LogP contribution in [0.25, 0.3) is 0 Å². The molecule has 1 aliphatic rings. The molecule has 0 saturated carbocycles. The van der Waals surface area contributed by atoms with Crippen LogP contribution in [0.4, 0.5) is 0 Å². The van der Waals surface area contributed by atoms with Crippen molar-refractivity contribution in [3.8, 4) is 0 Å². The quantitative estimate of drug-likeness (QED) is 0.764. The Bertz CT molecular complexity index is 337.